The van der Waals surface area contributed by atoms with Crippen LogP contribution < -0.4 is 15.5 Å². The molecule has 2 radical (unpaired) electrons. The maximum atomic E-state index is 12.6. The molecule has 5 atom stereocenters. The normalized spacial score (nSPS) is 20.5. The number of allylic oxidation sites excluding steroid dienone is 6. The number of carbonyl (C=O) groups is 2. The second-order valence-corrected chi connectivity index (χ2v) is 29.5. The molecule has 2 aromatic carbocycles. The summed E-state index contributed by atoms with van der Waals surface area (Å²) in [6.45, 7) is 24.3. The first-order valence-corrected chi connectivity index (χ1v) is 35.0. The number of phosphoric ester groups is 1. The number of rotatable bonds is 39. The number of aryl methyl sites for hydroxylation is 2. The molecule has 1 fully saturated rings. The van der Waals surface area contributed by atoms with Gasteiger partial charge < -0.3 is 63.5 Å². The van der Waals surface area contributed by atoms with Gasteiger partial charge in [-0.1, -0.05) is 83.0 Å². The molecule has 0 bridgehead atoms. The van der Waals surface area contributed by atoms with Crippen LogP contribution in [0.15, 0.2) is 72.5 Å². The van der Waals surface area contributed by atoms with Gasteiger partial charge in [0.2, 0.25) is 17.5 Å². The van der Waals surface area contributed by atoms with Crippen LogP contribution in [0.25, 0.3) is 0 Å². The Morgan fingerprint density at radius 3 is 2.10 bits per heavy atom. The number of anilines is 1. The number of hydrogen-bond acceptors (Lipinski definition) is 17. The largest absolute Gasteiger partial charge is 0.490 e. The highest BCUT2D eigenvalue weighted by molar-refractivity contribution is 8.77. The van der Waals surface area contributed by atoms with Gasteiger partial charge >= 0.3 is 23.5 Å². The molecule has 22 nitrogen and oxygen atoms in total. The van der Waals surface area contributed by atoms with Gasteiger partial charge in [-0.05, 0) is 91.5 Å². The van der Waals surface area contributed by atoms with Crippen molar-refractivity contribution in [3.05, 3.63) is 94.7 Å². The Balaban J connectivity index is 0.847. The van der Waals surface area contributed by atoms with Crippen molar-refractivity contribution in [3.63, 3.8) is 0 Å². The fourth-order valence-corrected chi connectivity index (χ4v) is 15.0. The van der Waals surface area contributed by atoms with Gasteiger partial charge in [-0.15, -0.1) is 0 Å². The number of fused-ring (bicyclic) bond motifs is 2. The van der Waals surface area contributed by atoms with E-state index in [-0.39, 0.29) is 48.0 Å². The number of carbonyl (C=O) groups excluding carboxylic acids is 2. The molecule has 0 saturated carbocycles. The van der Waals surface area contributed by atoms with E-state index in [1.54, 1.807) is 0 Å². The Morgan fingerprint density at radius 2 is 1.43 bits per heavy atom. The van der Waals surface area contributed by atoms with E-state index < -0.39 is 53.0 Å². The Morgan fingerprint density at radius 1 is 0.798 bits per heavy atom. The van der Waals surface area contributed by atoms with E-state index in [1.807, 2.05) is 13.8 Å². The van der Waals surface area contributed by atoms with Crippen LogP contribution in [0.2, 0.25) is 0 Å². The molecule has 3 aliphatic heterocycles. The first kappa shape index (κ1) is 71.8. The summed E-state index contributed by atoms with van der Waals surface area (Å²) < 4.78 is 82.2. The lowest BCUT2D eigenvalue weighted by Gasteiger charge is -2.25. The predicted molar refractivity (Wildman–Crippen MR) is 328 cm³/mol. The summed E-state index contributed by atoms with van der Waals surface area (Å²) in [5.74, 6) is -0.0424. The third-order valence-corrected chi connectivity index (χ3v) is 20.7. The van der Waals surface area contributed by atoms with Crippen LogP contribution in [0, 0.1) is 13.8 Å². The van der Waals surface area contributed by atoms with Crippen LogP contribution >= 0.6 is 45.1 Å². The van der Waals surface area contributed by atoms with Gasteiger partial charge in [-0.2, -0.15) is 13.2 Å². The molecule has 5 rings (SSSR count). The summed E-state index contributed by atoms with van der Waals surface area (Å²) in [6.07, 6.45) is 12.8. The van der Waals surface area contributed by atoms with Gasteiger partial charge in [0.25, 0.3) is 0 Å². The Bertz CT molecular complexity index is 2780. The molecule has 1 saturated heterocycles. The molecule has 2 unspecified atom stereocenters. The number of nitrogens with one attached hydrogen (secondary N) is 2. The van der Waals surface area contributed by atoms with E-state index in [2.05, 4.69) is 148 Å². The lowest BCUT2D eigenvalue weighted by Crippen LogP contribution is -2.36. The van der Waals surface area contributed by atoms with Crippen molar-refractivity contribution in [1.82, 2.24) is 10.6 Å². The van der Waals surface area contributed by atoms with Gasteiger partial charge in [-0.25, -0.2) is 13.7 Å². The number of hydrogen-bond donors (Lipinski definition) is 6. The standard InChI is InChI=1S/C56H86BN4O18P3S2/c1-10-60-45-22-20-41(2)35-43(45)55(6,7)49(60)17-13-11-14-18-50-56(8,9)44-36-42(3)21-23-46(44)61(50)26-16-12-15-19-52(62)58-25-28-72-30-32-74-34-33-73-31-29-71-27-24-53(63)59-39-54(4,5)84-83-40-75-47-37-51(57)77-48(47)38-76-81(67,68)79-82(69,70)78-80(64,65)66/h11,13-14,17-18,20-23,35-36,47-48,51H,10,12,15-16,19,24-34,37-40H2,1-9H3,(H5-,58,59,62,63,64,65,66,67,68,69,70)/p+1/t47-,48-,51-/m1/s1. The average Bonchev–Trinajstić information content (AvgIpc) is 2.37. The molecule has 6 N–H and O–H groups in total. The summed E-state index contributed by atoms with van der Waals surface area (Å²) in [7, 11) is -7.94. The molecule has 468 valence electrons. The number of nitrogens with zero attached hydrogens (tertiary/aromatic N) is 2. The zero-order chi connectivity index (χ0) is 61.8. The van der Waals surface area contributed by atoms with Crippen molar-refractivity contribution in [2.45, 2.75) is 135 Å². The monoisotopic (exact) mass is 1270 g/mol. The minimum atomic E-state index is -5.67. The van der Waals surface area contributed by atoms with E-state index >= 15 is 0 Å². The van der Waals surface area contributed by atoms with Crippen LogP contribution in [0.5, 0.6) is 0 Å². The summed E-state index contributed by atoms with van der Waals surface area (Å²) in [4.78, 5) is 64.0. The highest BCUT2D eigenvalue weighted by Crippen LogP contribution is 2.66. The van der Waals surface area contributed by atoms with E-state index in [9.17, 15) is 33.1 Å². The summed E-state index contributed by atoms with van der Waals surface area (Å²) in [5.41, 5.74) is 10.1. The minimum Gasteiger partial charge on any atom is -0.380 e. The first-order chi connectivity index (χ1) is 39.5. The smallest absolute Gasteiger partial charge is 0.380 e. The molecule has 3 heterocycles. The van der Waals surface area contributed by atoms with Crippen molar-refractivity contribution in [2.24, 2.45) is 0 Å². The number of phosphoric acid groups is 3. The molecule has 3 aliphatic rings. The second kappa shape index (κ2) is 33.5. The Kier molecular flexibility index (Phi) is 28.7. The zero-order valence-electron chi connectivity index (χ0n) is 49.9. The second-order valence-electron chi connectivity index (χ2n) is 22.1. The number of likely N-dealkylation sites (N-methyl/N-ethyl adjacent to an activating group) is 1. The summed E-state index contributed by atoms with van der Waals surface area (Å²) in [6, 6.07) is 12.7. The Labute approximate surface area is 504 Å². The lowest BCUT2D eigenvalue weighted by molar-refractivity contribution is -0.438. The molecular weight excluding hydrogens is 1180 g/mol. The van der Waals surface area contributed by atoms with Crippen molar-refractivity contribution >= 4 is 81.8 Å². The molecule has 2 amide bonds. The van der Waals surface area contributed by atoms with Gasteiger partial charge in [0.05, 0.1) is 71.0 Å². The van der Waals surface area contributed by atoms with Crippen molar-refractivity contribution < 1.29 is 89.0 Å². The van der Waals surface area contributed by atoms with E-state index in [4.69, 9.17) is 46.1 Å². The van der Waals surface area contributed by atoms with E-state index in [0.29, 0.717) is 65.8 Å². The number of ether oxygens (including phenoxy) is 6. The maximum absolute atomic E-state index is 12.6. The minimum absolute atomic E-state index is 0.0198. The van der Waals surface area contributed by atoms with E-state index in [1.165, 1.54) is 66.6 Å². The molecule has 0 spiro atoms. The summed E-state index contributed by atoms with van der Waals surface area (Å²) >= 11 is 0. The van der Waals surface area contributed by atoms with Gasteiger partial charge in [0.1, 0.15) is 26.4 Å². The third kappa shape index (κ3) is 23.5. The Hall–Kier alpha value is -3.00. The van der Waals surface area contributed by atoms with Gasteiger partial charge in [0, 0.05) is 84.2 Å². The molecule has 84 heavy (non-hydrogen) atoms. The molecular formula is C56H87BN4O18P3S2+. The third-order valence-electron chi connectivity index (χ3n) is 14.0. The highest BCUT2D eigenvalue weighted by atomic mass is 33.1. The average molecular weight is 1270 g/mol. The first-order valence-electron chi connectivity index (χ1n) is 28.2. The van der Waals surface area contributed by atoms with Crippen LogP contribution in [0.3, 0.4) is 0 Å². The summed E-state index contributed by atoms with van der Waals surface area (Å²) in [5, 5.41) is 5.85. The van der Waals surface area contributed by atoms with Crippen LogP contribution in [-0.4, -0.2) is 164 Å². The fraction of sp³-hybridized carbons (Fsp3) is 0.625. The van der Waals surface area contributed by atoms with Crippen LogP contribution in [-0.2, 0) is 75.7 Å². The topological polar surface area (TPSA) is 280 Å². The van der Waals surface area contributed by atoms with Crippen molar-refractivity contribution in [2.75, 3.05) is 96.5 Å². The predicted octanol–water partition coefficient (Wildman–Crippen LogP) is 8.87. The maximum Gasteiger partial charge on any atom is 0.490 e. The molecule has 0 aromatic heterocycles. The number of unbranched alkanes of at least 4 members (excludes halogenated alkanes) is 2. The quantitative estimate of drug-likeness (QED) is 0.00693. The number of benzene rings is 2. The SMILES string of the molecule is [B][C@H]1C[C@@H](OCSSC(C)(C)CNC(=O)CCOCCOCCOCCOCCNC(=O)CCCCC[N+]2=C(/C=C/C=C/C=C3/N(CC)c4ccc(C)cc4C3(C)C)C(C)(C)c3cc(C)ccc32)[C@@H](COP(=O)(O)OP(=O)(O)OP(=O)(O)O)O1. The van der Waals surface area contributed by atoms with E-state index in [0.717, 1.165) is 32.4 Å². The lowest BCUT2D eigenvalue weighted by atomic mass is 9.81. The van der Waals surface area contributed by atoms with Crippen LogP contribution in [0.1, 0.15) is 109 Å². The number of amides is 2. The van der Waals surface area contributed by atoms with Crippen molar-refractivity contribution in [3.8, 4) is 0 Å². The van der Waals surface area contributed by atoms with Crippen molar-refractivity contribution in [1.29, 1.82) is 0 Å². The highest BCUT2D eigenvalue weighted by Gasteiger charge is 2.45. The fourth-order valence-electron chi connectivity index (χ4n) is 9.80. The zero-order valence-corrected chi connectivity index (χ0v) is 54.2. The molecule has 2 aromatic rings. The van der Waals surface area contributed by atoms with Gasteiger partial charge in [-0.3, -0.25) is 14.1 Å². The molecule has 0 aliphatic carbocycles. The molecule has 28 heteroatoms. The van der Waals surface area contributed by atoms with Crippen LogP contribution in [0.4, 0.5) is 11.4 Å². The van der Waals surface area contributed by atoms with Gasteiger partial charge in [0.15, 0.2) is 5.71 Å².